The Kier molecular flexibility index (Phi) is 4.35. The normalized spacial score (nSPS) is 29.6. The largest absolute Gasteiger partial charge is 0.440 e. The van der Waals surface area contributed by atoms with Gasteiger partial charge in [0, 0.05) is 0 Å². The summed E-state index contributed by atoms with van der Waals surface area (Å²) in [7, 11) is 0. The molecule has 1 aliphatic heterocycles. The fraction of sp³-hybridized carbons (Fsp3) is 0.750. The van der Waals surface area contributed by atoms with Gasteiger partial charge in [-0.1, -0.05) is 19.3 Å². The highest BCUT2D eigenvalue weighted by Gasteiger charge is 2.63. The summed E-state index contributed by atoms with van der Waals surface area (Å²) in [6.45, 7) is 4.60. The van der Waals surface area contributed by atoms with Crippen molar-refractivity contribution in [2.45, 2.75) is 75.7 Å². The molecule has 0 aromatic rings. The predicted molar refractivity (Wildman–Crippen MR) is 77.9 cm³/mol. The maximum atomic E-state index is 12.0. The maximum Gasteiger partial charge on any atom is 0.332 e. The number of carbonyl (C=O) groups excluding carboxylic acids is 1. The molecule has 1 saturated carbocycles. The van der Waals surface area contributed by atoms with Crippen LogP contribution in [0, 0.1) is 34.0 Å². The molecule has 0 radical (unpaired) electrons. The molecule has 2 rings (SSSR count). The molecule has 0 aromatic heterocycles. The number of rotatable bonds is 4. The van der Waals surface area contributed by atoms with Gasteiger partial charge in [0.1, 0.15) is 11.6 Å². The molecule has 1 saturated heterocycles. The van der Waals surface area contributed by atoms with Gasteiger partial charge in [-0.15, -0.1) is 5.06 Å². The highest BCUT2D eigenvalue weighted by atomic mass is 16.7. The number of nitrogens with zero attached hydrogens (tertiary/aromatic N) is 4. The molecule has 23 heavy (non-hydrogen) atoms. The Labute approximate surface area is 135 Å². The van der Waals surface area contributed by atoms with Crippen LogP contribution in [0.4, 0.5) is 0 Å². The fourth-order valence-corrected chi connectivity index (χ4v) is 3.06. The van der Waals surface area contributed by atoms with E-state index in [4.69, 9.17) is 9.57 Å². The lowest BCUT2D eigenvalue weighted by Gasteiger charge is -2.51. The number of nitriles is 3. The van der Waals surface area contributed by atoms with Crippen LogP contribution < -0.4 is 0 Å². The summed E-state index contributed by atoms with van der Waals surface area (Å²) in [5, 5.41) is 29.7. The smallest absolute Gasteiger partial charge is 0.332 e. The lowest BCUT2D eigenvalue weighted by Crippen LogP contribution is -2.72. The van der Waals surface area contributed by atoms with Crippen molar-refractivity contribution in [1.82, 2.24) is 5.06 Å². The van der Waals surface area contributed by atoms with Gasteiger partial charge in [-0.2, -0.15) is 15.8 Å². The molecular formula is C16H20N4O3. The first kappa shape index (κ1) is 17.2. The maximum absolute atomic E-state index is 12.0. The Morgan fingerprint density at radius 3 is 2.26 bits per heavy atom. The van der Waals surface area contributed by atoms with Gasteiger partial charge in [-0.3, -0.25) is 4.84 Å². The monoisotopic (exact) mass is 316 g/mol. The van der Waals surface area contributed by atoms with Gasteiger partial charge in [0.15, 0.2) is 11.6 Å². The van der Waals surface area contributed by atoms with Crippen LogP contribution in [-0.4, -0.2) is 33.8 Å². The zero-order valence-electron chi connectivity index (χ0n) is 13.6. The zero-order valence-corrected chi connectivity index (χ0v) is 13.6. The molecule has 1 aliphatic carbocycles. The van der Waals surface area contributed by atoms with Gasteiger partial charge in [-0.05, 0) is 33.6 Å². The van der Waals surface area contributed by atoms with Gasteiger partial charge in [0.25, 0.3) is 0 Å². The van der Waals surface area contributed by atoms with Crippen LogP contribution in [0.1, 0.15) is 52.9 Å². The molecule has 2 unspecified atom stereocenters. The summed E-state index contributed by atoms with van der Waals surface area (Å²) in [5.41, 5.74) is -3.65. The Bertz CT molecular complexity index is 619. The highest BCUT2D eigenvalue weighted by Crippen LogP contribution is 2.42. The zero-order chi connectivity index (χ0) is 17.3. The van der Waals surface area contributed by atoms with Gasteiger partial charge >= 0.3 is 5.97 Å². The van der Waals surface area contributed by atoms with Gasteiger partial charge < -0.3 is 4.74 Å². The van der Waals surface area contributed by atoms with Gasteiger partial charge in [0.05, 0.1) is 12.1 Å². The highest BCUT2D eigenvalue weighted by molar-refractivity contribution is 5.85. The molecule has 0 aromatic carbocycles. The number of esters is 1. The Morgan fingerprint density at radius 1 is 1.22 bits per heavy atom. The van der Waals surface area contributed by atoms with Crippen LogP contribution in [0.3, 0.4) is 0 Å². The molecule has 2 fully saturated rings. The summed E-state index contributed by atoms with van der Waals surface area (Å²) in [6.07, 6.45) is 3.70. The molecule has 1 heterocycles. The van der Waals surface area contributed by atoms with Crippen molar-refractivity contribution in [2.24, 2.45) is 0 Å². The van der Waals surface area contributed by atoms with E-state index < -0.39 is 28.8 Å². The third-order valence-corrected chi connectivity index (χ3v) is 4.42. The first-order chi connectivity index (χ1) is 10.7. The van der Waals surface area contributed by atoms with Crippen LogP contribution in [0.15, 0.2) is 0 Å². The van der Waals surface area contributed by atoms with Crippen molar-refractivity contribution in [2.75, 3.05) is 0 Å². The van der Waals surface area contributed by atoms with E-state index >= 15 is 0 Å². The summed E-state index contributed by atoms with van der Waals surface area (Å²) in [6, 6.07) is 5.23. The van der Waals surface area contributed by atoms with Crippen molar-refractivity contribution in [3.8, 4) is 18.2 Å². The Morgan fingerprint density at radius 2 is 1.83 bits per heavy atom. The number of cyclic esters (lactones) is 1. The van der Waals surface area contributed by atoms with E-state index in [1.54, 1.807) is 13.8 Å². The molecule has 7 nitrogen and oxygen atoms in total. The molecule has 0 bridgehead atoms. The molecule has 0 N–H and O–H groups in total. The number of ether oxygens (including phenoxy) is 1. The summed E-state index contributed by atoms with van der Waals surface area (Å²) in [4.78, 5) is 17.8. The first-order valence-electron chi connectivity index (χ1n) is 7.69. The summed E-state index contributed by atoms with van der Waals surface area (Å²) < 4.78 is 4.98. The molecule has 0 amide bonds. The van der Waals surface area contributed by atoms with E-state index in [1.807, 2.05) is 12.1 Å². The number of hydrogen-bond acceptors (Lipinski definition) is 7. The van der Waals surface area contributed by atoms with Crippen LogP contribution in [0.5, 0.6) is 0 Å². The van der Waals surface area contributed by atoms with E-state index in [2.05, 4.69) is 6.07 Å². The van der Waals surface area contributed by atoms with Crippen molar-refractivity contribution >= 4 is 5.97 Å². The summed E-state index contributed by atoms with van der Waals surface area (Å²) in [5.74, 6) is -0.608. The van der Waals surface area contributed by atoms with Crippen molar-refractivity contribution in [3.05, 3.63) is 0 Å². The van der Waals surface area contributed by atoms with Crippen LogP contribution in [0.25, 0.3) is 0 Å². The van der Waals surface area contributed by atoms with E-state index in [-0.39, 0.29) is 0 Å². The molecular weight excluding hydrogens is 296 g/mol. The number of carbonyl (C=O) groups is 1. The van der Waals surface area contributed by atoms with Crippen LogP contribution in [0.2, 0.25) is 0 Å². The minimum absolute atomic E-state index is 0.524. The minimum Gasteiger partial charge on any atom is -0.440 e. The molecule has 7 heteroatoms. The quantitative estimate of drug-likeness (QED) is 0.575. The van der Waals surface area contributed by atoms with E-state index in [9.17, 15) is 20.6 Å². The fourth-order valence-electron chi connectivity index (χ4n) is 3.06. The standard InChI is InChI=1S/C16H20N4O3/c1-14(2,9-17)23-20(12-13(21)22-15(12,3)10-18)16(11-19)7-5-4-6-8-16/h12H,4-8H2,1-3H3. The lowest BCUT2D eigenvalue weighted by atomic mass is 9.79. The van der Waals surface area contributed by atoms with Crippen molar-refractivity contribution in [3.63, 3.8) is 0 Å². The Balaban J connectivity index is 2.45. The number of hydrogen-bond donors (Lipinski definition) is 0. The number of hydroxylamine groups is 2. The lowest BCUT2D eigenvalue weighted by molar-refractivity contribution is -0.319. The predicted octanol–water partition coefficient (Wildman–Crippen LogP) is 1.96. The van der Waals surface area contributed by atoms with E-state index in [0.29, 0.717) is 12.8 Å². The summed E-state index contributed by atoms with van der Waals surface area (Å²) >= 11 is 0. The first-order valence-corrected chi connectivity index (χ1v) is 7.69. The molecule has 122 valence electrons. The van der Waals surface area contributed by atoms with Crippen molar-refractivity contribution < 1.29 is 14.4 Å². The van der Waals surface area contributed by atoms with Gasteiger partial charge in [0.2, 0.25) is 5.60 Å². The molecule has 0 spiro atoms. The third kappa shape index (κ3) is 2.88. The van der Waals surface area contributed by atoms with E-state index in [0.717, 1.165) is 19.3 Å². The average molecular weight is 316 g/mol. The third-order valence-electron chi connectivity index (χ3n) is 4.42. The van der Waals surface area contributed by atoms with E-state index in [1.165, 1.54) is 12.0 Å². The topological polar surface area (TPSA) is 110 Å². The van der Waals surface area contributed by atoms with Crippen molar-refractivity contribution in [1.29, 1.82) is 15.8 Å². The molecule has 2 aliphatic rings. The second kappa shape index (κ2) is 5.81. The van der Waals surface area contributed by atoms with Crippen LogP contribution in [-0.2, 0) is 14.4 Å². The second-order valence-corrected chi connectivity index (χ2v) is 6.79. The SMILES string of the molecule is CC(C)(C#N)ON(C1C(=O)OC1(C)C#N)C1(C#N)CCCCC1. The second-order valence-electron chi connectivity index (χ2n) is 6.79. The van der Waals surface area contributed by atoms with Gasteiger partial charge in [-0.25, -0.2) is 4.79 Å². The minimum atomic E-state index is -1.39. The molecule has 2 atom stereocenters. The average Bonchev–Trinajstić information content (AvgIpc) is 2.54. The Hall–Kier alpha value is -2.14. The van der Waals surface area contributed by atoms with Crippen LogP contribution >= 0.6 is 0 Å².